The van der Waals surface area contributed by atoms with E-state index in [1.165, 1.54) is 31.4 Å². The average Bonchev–Trinajstić information content (AvgIpc) is 2.78. The molecule has 0 N–H and O–H groups in total. The molecule has 3 unspecified atom stereocenters. The van der Waals surface area contributed by atoms with E-state index in [9.17, 15) is 0 Å². The molecule has 1 heterocycles. The molecule has 0 aromatic heterocycles. The van der Waals surface area contributed by atoms with E-state index in [-0.39, 0.29) is 0 Å². The number of epoxide rings is 1. The maximum Gasteiger partial charge on any atom is 0.0844 e. The van der Waals surface area contributed by atoms with Gasteiger partial charge in [0.2, 0.25) is 0 Å². The Hall–Kier alpha value is 1.04. The Labute approximate surface area is 84.2 Å². The van der Waals surface area contributed by atoms with Gasteiger partial charge in [-0.3, -0.25) is 0 Å². The van der Waals surface area contributed by atoms with Gasteiger partial charge in [-0.05, 0) is 52.8 Å². The monoisotopic (exact) mass is 284 g/mol. The second-order valence-electron chi connectivity index (χ2n) is 3.49. The molecule has 1 aliphatic carbocycles. The van der Waals surface area contributed by atoms with Gasteiger partial charge in [0.15, 0.2) is 0 Å². The molecule has 3 heteroatoms. The second kappa shape index (κ2) is 3.83. The fourth-order valence-corrected chi connectivity index (χ4v) is 3.15. The molecule has 1 aliphatic heterocycles. The van der Waals surface area contributed by atoms with Crippen LogP contribution in [-0.2, 0) is 4.74 Å². The molecule has 0 bridgehead atoms. The third-order valence-corrected chi connectivity index (χ3v) is 4.43. The van der Waals surface area contributed by atoms with Crippen LogP contribution >= 0.6 is 30.1 Å². The minimum absolute atomic E-state index is 0.674. The molecule has 64 valence electrons. The molecule has 2 fully saturated rings. The van der Waals surface area contributed by atoms with Crippen molar-refractivity contribution < 1.29 is 4.74 Å². The first-order valence-electron chi connectivity index (χ1n) is 4.29. The van der Waals surface area contributed by atoms with E-state index in [0.717, 1.165) is 5.92 Å². The number of hydrogen-bond donors (Lipinski definition) is 0. The maximum atomic E-state index is 5.48. The highest BCUT2D eigenvalue weighted by Crippen LogP contribution is 2.41. The molecule has 0 amide bonds. The first-order chi connectivity index (χ1) is 5.40. The van der Waals surface area contributed by atoms with Crippen molar-refractivity contribution in [1.82, 2.24) is 0 Å². The zero-order valence-corrected chi connectivity index (χ0v) is 9.44. The van der Waals surface area contributed by atoms with Gasteiger partial charge in [0.1, 0.15) is 0 Å². The summed E-state index contributed by atoms with van der Waals surface area (Å²) in [5.74, 6) is 2.30. The van der Waals surface area contributed by atoms with E-state index >= 15 is 0 Å². The van der Waals surface area contributed by atoms with Crippen molar-refractivity contribution in [3.8, 4) is 0 Å². The van der Waals surface area contributed by atoms with E-state index in [4.69, 9.17) is 4.74 Å². The van der Waals surface area contributed by atoms with E-state index in [0.29, 0.717) is 12.2 Å². The fourth-order valence-electron chi connectivity index (χ4n) is 1.96. The third kappa shape index (κ3) is 2.25. The van der Waals surface area contributed by atoms with E-state index in [1.54, 1.807) is 0 Å². The number of fused-ring (bicyclic) bond motifs is 1. The lowest BCUT2D eigenvalue weighted by molar-refractivity contribution is 0.358. The van der Waals surface area contributed by atoms with Crippen LogP contribution in [0.1, 0.15) is 25.7 Å². The molecule has 2 rings (SSSR count). The summed E-state index contributed by atoms with van der Waals surface area (Å²) in [5.41, 5.74) is 0. The summed E-state index contributed by atoms with van der Waals surface area (Å²) < 4.78 is 5.48. The number of halogens is 1. The van der Waals surface area contributed by atoms with Crippen LogP contribution in [-0.4, -0.2) is 18.0 Å². The first-order valence-corrected chi connectivity index (χ1v) is 7.82. The van der Waals surface area contributed by atoms with E-state index < -0.39 is 0 Å². The molecule has 0 spiro atoms. The van der Waals surface area contributed by atoms with Gasteiger partial charge in [0, 0.05) is 5.75 Å². The van der Waals surface area contributed by atoms with Crippen molar-refractivity contribution >= 4 is 30.1 Å². The molecular weight excluding hydrogens is 271 g/mol. The second-order valence-corrected chi connectivity index (χ2v) is 5.99. The minimum Gasteiger partial charge on any atom is -0.370 e. The van der Waals surface area contributed by atoms with Gasteiger partial charge in [-0.2, -0.15) is 0 Å². The topological polar surface area (TPSA) is 12.5 Å². The Bertz CT molecular complexity index is 142. The van der Waals surface area contributed by atoms with Gasteiger partial charge in [-0.15, -0.1) is 0 Å². The van der Waals surface area contributed by atoms with Gasteiger partial charge in [0.25, 0.3) is 0 Å². The van der Waals surface area contributed by atoms with Crippen molar-refractivity contribution in [1.29, 1.82) is 0 Å². The number of ether oxygens (including phenoxy) is 1. The van der Waals surface area contributed by atoms with Crippen LogP contribution in [0.5, 0.6) is 0 Å². The lowest BCUT2D eigenvalue weighted by Crippen LogP contribution is -2.13. The quantitative estimate of drug-likeness (QED) is 0.583. The van der Waals surface area contributed by atoms with Crippen molar-refractivity contribution in [2.45, 2.75) is 37.9 Å². The summed E-state index contributed by atoms with van der Waals surface area (Å²) in [4.78, 5) is 0. The average molecular weight is 284 g/mol. The van der Waals surface area contributed by atoms with Crippen molar-refractivity contribution in [3.63, 3.8) is 0 Å². The van der Waals surface area contributed by atoms with Crippen molar-refractivity contribution in [3.05, 3.63) is 0 Å². The molecule has 1 nitrogen and oxygen atoms in total. The molecule has 0 radical (unpaired) electrons. The lowest BCUT2D eigenvalue weighted by Gasteiger charge is -2.17. The Morgan fingerprint density at radius 1 is 1.36 bits per heavy atom. The highest BCUT2D eigenvalue weighted by atomic mass is 127. The summed E-state index contributed by atoms with van der Waals surface area (Å²) in [6.45, 7) is 0. The molecule has 0 aromatic carbocycles. The van der Waals surface area contributed by atoms with Crippen molar-refractivity contribution in [2.75, 3.05) is 5.75 Å². The molecule has 0 aromatic rings. The summed E-state index contributed by atoms with van der Waals surface area (Å²) >= 11 is 2.38. The lowest BCUT2D eigenvalue weighted by atomic mass is 9.88. The van der Waals surface area contributed by atoms with Crippen molar-refractivity contribution in [2.24, 2.45) is 5.92 Å². The molecule has 3 atom stereocenters. The van der Waals surface area contributed by atoms with Crippen LogP contribution in [0, 0.1) is 5.92 Å². The molecule has 1 saturated heterocycles. The van der Waals surface area contributed by atoms with Crippen LogP contribution in [0.3, 0.4) is 0 Å². The molecule has 2 aliphatic rings. The Kier molecular flexibility index (Phi) is 3.01. The Morgan fingerprint density at radius 3 is 3.00 bits per heavy atom. The first kappa shape index (κ1) is 8.63. The minimum atomic E-state index is 0.674. The maximum absolute atomic E-state index is 5.48. The van der Waals surface area contributed by atoms with Crippen LogP contribution in [0.2, 0.25) is 0 Å². The van der Waals surface area contributed by atoms with Gasteiger partial charge in [0.05, 0.1) is 12.2 Å². The fraction of sp³-hybridized carbons (Fsp3) is 1.00. The van der Waals surface area contributed by atoms with E-state index in [2.05, 4.69) is 21.2 Å². The standard InChI is InChI=1S/C8H13IOS/c9-11-4-3-6-1-2-7-8(5-6)10-7/h6-8H,1-5H2. The van der Waals surface area contributed by atoms with Gasteiger partial charge in [-0.1, -0.05) is 8.93 Å². The highest BCUT2D eigenvalue weighted by molar-refractivity contribution is 14.2. The van der Waals surface area contributed by atoms with Crippen LogP contribution in [0.4, 0.5) is 0 Å². The largest absolute Gasteiger partial charge is 0.370 e. The zero-order chi connectivity index (χ0) is 7.68. The zero-order valence-electron chi connectivity index (χ0n) is 6.46. The summed E-state index contributed by atoms with van der Waals surface area (Å²) in [6, 6.07) is 0. The van der Waals surface area contributed by atoms with Gasteiger partial charge in [-0.25, -0.2) is 0 Å². The predicted octanol–water partition coefficient (Wildman–Crippen LogP) is 3.03. The Morgan fingerprint density at radius 2 is 2.27 bits per heavy atom. The summed E-state index contributed by atoms with van der Waals surface area (Å²) in [6.07, 6.45) is 6.85. The highest BCUT2D eigenvalue weighted by Gasteiger charge is 2.43. The molecular formula is C8H13IOS. The number of hydrogen-bond acceptors (Lipinski definition) is 2. The Balaban J connectivity index is 1.68. The molecule has 11 heavy (non-hydrogen) atoms. The summed E-state index contributed by atoms with van der Waals surface area (Å²) in [5, 5.41) is 0. The normalized spacial score (nSPS) is 41.7. The SMILES string of the molecule is ISCCC1CCC2OC2C1. The summed E-state index contributed by atoms with van der Waals surface area (Å²) in [7, 11) is 1.94. The predicted molar refractivity (Wildman–Crippen MR) is 57.1 cm³/mol. The number of rotatable bonds is 3. The third-order valence-electron chi connectivity index (χ3n) is 2.72. The smallest absolute Gasteiger partial charge is 0.0844 e. The van der Waals surface area contributed by atoms with Crippen LogP contribution < -0.4 is 0 Å². The van der Waals surface area contributed by atoms with Crippen LogP contribution in [0.15, 0.2) is 0 Å². The molecule has 1 saturated carbocycles. The van der Waals surface area contributed by atoms with E-state index in [1.807, 2.05) is 8.93 Å². The van der Waals surface area contributed by atoms with Gasteiger partial charge >= 0.3 is 0 Å². The van der Waals surface area contributed by atoms with Gasteiger partial charge < -0.3 is 4.74 Å². The van der Waals surface area contributed by atoms with Crippen LogP contribution in [0.25, 0.3) is 0 Å².